The third kappa shape index (κ3) is 57.9. The smallest absolute Gasteiger partial charge is 0.305 e. The molecule has 6 heteroatoms. The lowest BCUT2D eigenvalue weighted by Crippen LogP contribution is -2.45. The summed E-state index contributed by atoms with van der Waals surface area (Å²) in [5.41, 5.74) is 0. The summed E-state index contributed by atoms with van der Waals surface area (Å²) in [6.07, 6.45) is 75.4. The summed E-state index contributed by atoms with van der Waals surface area (Å²) in [7, 11) is 0. The van der Waals surface area contributed by atoms with Gasteiger partial charge in [0.15, 0.2) is 0 Å². The number of nitrogens with one attached hydrogen (secondary N) is 1. The molecule has 0 saturated carbocycles. The minimum Gasteiger partial charge on any atom is -0.466 e. The Morgan fingerprint density at radius 2 is 0.639 bits per heavy atom. The monoisotopic (exact) mass is 1020 g/mol. The molecule has 0 radical (unpaired) electrons. The molecule has 0 heterocycles. The highest BCUT2D eigenvalue weighted by atomic mass is 16.5. The predicted molar refractivity (Wildman–Crippen MR) is 315 cm³/mol. The minimum absolute atomic E-state index is 0.00476. The van der Waals surface area contributed by atoms with Crippen molar-refractivity contribution in [1.29, 1.82) is 0 Å². The minimum atomic E-state index is -0.851. The largest absolute Gasteiger partial charge is 0.466 e. The number of aliphatic hydroxyl groups excluding tert-OH is 2. The summed E-state index contributed by atoms with van der Waals surface area (Å²) in [4.78, 5) is 24.6. The van der Waals surface area contributed by atoms with Gasteiger partial charge in [0.25, 0.3) is 0 Å². The van der Waals surface area contributed by atoms with Gasteiger partial charge in [-0.05, 0) is 32.1 Å². The first-order valence-electron chi connectivity index (χ1n) is 33.0. The van der Waals surface area contributed by atoms with E-state index < -0.39 is 12.1 Å². The Morgan fingerprint density at radius 3 is 0.944 bits per heavy atom. The molecular formula is C66H129NO5. The van der Waals surface area contributed by atoms with Crippen molar-refractivity contribution in [2.75, 3.05) is 13.2 Å². The van der Waals surface area contributed by atoms with Crippen LogP contribution in [0.1, 0.15) is 373 Å². The van der Waals surface area contributed by atoms with Crippen molar-refractivity contribution >= 4 is 11.9 Å². The molecule has 0 aromatic heterocycles. The second-order valence-corrected chi connectivity index (χ2v) is 22.8. The van der Waals surface area contributed by atoms with E-state index in [0.29, 0.717) is 19.4 Å². The number of unbranched alkanes of at least 4 members (excludes halogenated alkanes) is 51. The molecule has 0 aliphatic heterocycles. The van der Waals surface area contributed by atoms with Crippen LogP contribution in [0.3, 0.4) is 0 Å². The average molecular weight is 1020 g/mol. The highest BCUT2D eigenvalue weighted by Crippen LogP contribution is 2.19. The number of allylic oxidation sites excluding steroid dienone is 1. The molecule has 3 N–H and O–H groups in total. The van der Waals surface area contributed by atoms with Gasteiger partial charge >= 0.3 is 5.97 Å². The van der Waals surface area contributed by atoms with Crippen molar-refractivity contribution < 1.29 is 24.5 Å². The van der Waals surface area contributed by atoms with Crippen molar-refractivity contribution in [3.8, 4) is 0 Å². The van der Waals surface area contributed by atoms with Crippen LogP contribution in [-0.2, 0) is 14.3 Å². The van der Waals surface area contributed by atoms with E-state index in [1.807, 2.05) is 6.08 Å². The second-order valence-electron chi connectivity index (χ2n) is 22.8. The average Bonchev–Trinajstić information content (AvgIpc) is 3.38. The number of hydrogen-bond acceptors (Lipinski definition) is 5. The fraction of sp³-hybridized carbons (Fsp3) is 0.939. The van der Waals surface area contributed by atoms with E-state index in [4.69, 9.17) is 4.74 Å². The highest BCUT2D eigenvalue weighted by molar-refractivity contribution is 5.76. The van der Waals surface area contributed by atoms with Gasteiger partial charge in [0, 0.05) is 12.8 Å². The first kappa shape index (κ1) is 70.6. The van der Waals surface area contributed by atoms with Crippen LogP contribution in [0.4, 0.5) is 0 Å². The molecule has 0 rings (SSSR count). The number of carbonyl (C=O) groups is 2. The van der Waals surface area contributed by atoms with Gasteiger partial charge in [-0.2, -0.15) is 0 Å². The van der Waals surface area contributed by atoms with Gasteiger partial charge in [0.2, 0.25) is 5.91 Å². The molecule has 0 aliphatic carbocycles. The van der Waals surface area contributed by atoms with Crippen molar-refractivity contribution in [1.82, 2.24) is 5.32 Å². The van der Waals surface area contributed by atoms with Gasteiger partial charge in [0.05, 0.1) is 25.4 Å². The third-order valence-corrected chi connectivity index (χ3v) is 15.6. The van der Waals surface area contributed by atoms with Crippen molar-refractivity contribution in [2.45, 2.75) is 386 Å². The fourth-order valence-corrected chi connectivity index (χ4v) is 10.5. The van der Waals surface area contributed by atoms with E-state index in [0.717, 1.165) is 44.9 Å². The Morgan fingerprint density at radius 1 is 0.375 bits per heavy atom. The van der Waals surface area contributed by atoms with Crippen LogP contribution in [0, 0.1) is 0 Å². The van der Waals surface area contributed by atoms with Crippen molar-refractivity contribution in [3.05, 3.63) is 12.2 Å². The van der Waals surface area contributed by atoms with Gasteiger partial charge in [-0.1, -0.05) is 341 Å². The molecule has 72 heavy (non-hydrogen) atoms. The number of esters is 1. The van der Waals surface area contributed by atoms with Crippen LogP contribution in [0.15, 0.2) is 12.2 Å². The van der Waals surface area contributed by atoms with Crippen molar-refractivity contribution in [2.24, 2.45) is 0 Å². The number of rotatable bonds is 62. The van der Waals surface area contributed by atoms with E-state index >= 15 is 0 Å². The van der Waals surface area contributed by atoms with E-state index in [1.54, 1.807) is 6.08 Å². The zero-order valence-electron chi connectivity index (χ0n) is 48.9. The molecule has 0 fully saturated rings. The number of carbonyl (C=O) groups excluding carboxylic acids is 2. The predicted octanol–water partition coefficient (Wildman–Crippen LogP) is 20.8. The zero-order valence-corrected chi connectivity index (χ0v) is 48.9. The Hall–Kier alpha value is -1.40. The fourth-order valence-electron chi connectivity index (χ4n) is 10.5. The Balaban J connectivity index is 3.43. The van der Waals surface area contributed by atoms with Gasteiger partial charge in [-0.15, -0.1) is 0 Å². The van der Waals surface area contributed by atoms with Gasteiger partial charge in [-0.25, -0.2) is 0 Å². The van der Waals surface area contributed by atoms with Crippen LogP contribution >= 0.6 is 0 Å². The molecule has 0 saturated heterocycles. The molecule has 1 amide bonds. The van der Waals surface area contributed by atoms with Gasteiger partial charge in [-0.3, -0.25) is 9.59 Å². The summed E-state index contributed by atoms with van der Waals surface area (Å²) in [5, 5.41) is 23.2. The highest BCUT2D eigenvalue weighted by Gasteiger charge is 2.18. The molecule has 6 nitrogen and oxygen atoms in total. The molecule has 0 spiro atoms. The Bertz CT molecular complexity index is 1080. The number of amides is 1. The molecule has 0 bridgehead atoms. The molecular weight excluding hydrogens is 887 g/mol. The van der Waals surface area contributed by atoms with Gasteiger partial charge < -0.3 is 20.3 Å². The molecule has 0 aromatic carbocycles. The lowest BCUT2D eigenvalue weighted by molar-refractivity contribution is -0.143. The zero-order chi connectivity index (χ0) is 52.2. The molecule has 2 unspecified atom stereocenters. The summed E-state index contributed by atoms with van der Waals surface area (Å²) in [5.74, 6) is -0.0670. The number of aliphatic hydroxyl groups is 2. The molecule has 428 valence electrons. The summed E-state index contributed by atoms with van der Waals surface area (Å²) in [6, 6.07) is -0.635. The topological polar surface area (TPSA) is 95.9 Å². The lowest BCUT2D eigenvalue weighted by atomic mass is 10.0. The summed E-state index contributed by atoms with van der Waals surface area (Å²) in [6.45, 7) is 4.93. The standard InChI is InChI=1S/C66H129NO5/c1-3-5-7-9-11-13-15-17-19-21-22-23-24-25-26-28-30-34-38-42-46-50-54-58-64(69)63(62-68)67-65(70)59-55-51-47-43-39-35-31-29-33-37-41-45-49-53-57-61-72-66(71)60-56-52-48-44-40-36-32-27-20-18-16-14-12-10-8-6-4-2/h54,58,63-64,68-69H,3-53,55-57,59-62H2,1-2H3,(H,67,70)/b58-54+. The van der Waals surface area contributed by atoms with E-state index in [1.165, 1.54) is 302 Å². The van der Waals surface area contributed by atoms with Crippen molar-refractivity contribution in [3.63, 3.8) is 0 Å². The first-order chi connectivity index (χ1) is 35.5. The van der Waals surface area contributed by atoms with Crippen LogP contribution in [-0.4, -0.2) is 47.4 Å². The van der Waals surface area contributed by atoms with Crippen LogP contribution in [0.2, 0.25) is 0 Å². The number of ether oxygens (including phenoxy) is 1. The molecule has 0 aromatic rings. The van der Waals surface area contributed by atoms with Crippen LogP contribution < -0.4 is 5.32 Å². The van der Waals surface area contributed by atoms with Crippen LogP contribution in [0.5, 0.6) is 0 Å². The maximum atomic E-state index is 12.5. The van der Waals surface area contributed by atoms with E-state index in [2.05, 4.69) is 19.2 Å². The Labute approximate surface area is 450 Å². The summed E-state index contributed by atoms with van der Waals surface area (Å²) >= 11 is 0. The normalized spacial score (nSPS) is 12.6. The van der Waals surface area contributed by atoms with E-state index in [9.17, 15) is 19.8 Å². The van der Waals surface area contributed by atoms with Crippen LogP contribution in [0.25, 0.3) is 0 Å². The lowest BCUT2D eigenvalue weighted by Gasteiger charge is -2.20. The SMILES string of the molecule is CCCCCCCCCCCCCCCCCCCCCCC/C=C/C(O)C(CO)NC(=O)CCCCCCCCCCCCCCCCCOC(=O)CCCCCCCCCCCCCCCCCCC. The Kier molecular flexibility index (Phi) is 60.9. The number of hydrogen-bond donors (Lipinski definition) is 3. The third-order valence-electron chi connectivity index (χ3n) is 15.6. The first-order valence-corrected chi connectivity index (χ1v) is 33.0. The molecule has 2 atom stereocenters. The maximum absolute atomic E-state index is 12.5. The molecule has 0 aliphatic rings. The maximum Gasteiger partial charge on any atom is 0.305 e. The van der Waals surface area contributed by atoms with E-state index in [-0.39, 0.29) is 18.5 Å². The quantitative estimate of drug-likeness (QED) is 0.0320. The second kappa shape index (κ2) is 62.1. The van der Waals surface area contributed by atoms with Gasteiger partial charge in [0.1, 0.15) is 0 Å². The summed E-state index contributed by atoms with van der Waals surface area (Å²) < 4.78 is 5.49.